The molecule has 2 saturated heterocycles. The topological polar surface area (TPSA) is 60.9 Å². The molecule has 142 valence electrons. The number of carbonyl (C=O) groups excluding carboxylic acids is 1. The maximum atomic E-state index is 13.3. The number of likely N-dealkylation sites (tertiary alicyclic amines) is 2. The number of rotatable bonds is 6. The highest BCUT2D eigenvalue weighted by atomic mass is 16.4. The summed E-state index contributed by atoms with van der Waals surface area (Å²) in [7, 11) is 0. The van der Waals surface area contributed by atoms with Gasteiger partial charge in [0, 0.05) is 12.6 Å². The lowest BCUT2D eigenvalue weighted by atomic mass is 9.75. The summed E-state index contributed by atoms with van der Waals surface area (Å²) in [5.41, 5.74) is 0.989. The van der Waals surface area contributed by atoms with Crippen LogP contribution in [0.3, 0.4) is 0 Å². The number of hydrogen-bond donors (Lipinski definition) is 1. The van der Waals surface area contributed by atoms with Gasteiger partial charge in [-0.2, -0.15) is 0 Å². The van der Waals surface area contributed by atoms with Crippen LogP contribution in [0.5, 0.6) is 0 Å². The molecular weight excluding hydrogens is 328 g/mol. The molecule has 1 amide bonds. The number of carbonyl (C=O) groups is 2. The van der Waals surface area contributed by atoms with Crippen LogP contribution in [0.1, 0.15) is 38.7 Å². The number of benzene rings is 1. The van der Waals surface area contributed by atoms with Crippen LogP contribution in [0.15, 0.2) is 30.3 Å². The van der Waals surface area contributed by atoms with E-state index in [-0.39, 0.29) is 18.0 Å². The number of piperidine rings is 1. The van der Waals surface area contributed by atoms with Crippen molar-refractivity contribution in [3.8, 4) is 0 Å². The third-order valence-corrected chi connectivity index (χ3v) is 5.83. The molecule has 0 unspecified atom stereocenters. The van der Waals surface area contributed by atoms with Gasteiger partial charge in [0.25, 0.3) is 0 Å². The third-order valence-electron chi connectivity index (χ3n) is 5.83. The Morgan fingerprint density at radius 3 is 2.46 bits per heavy atom. The fraction of sp³-hybridized carbons (Fsp3) is 0.619. The maximum Gasteiger partial charge on any atom is 0.317 e. The van der Waals surface area contributed by atoms with E-state index in [9.17, 15) is 9.59 Å². The minimum Gasteiger partial charge on any atom is -0.480 e. The predicted molar refractivity (Wildman–Crippen MR) is 101 cm³/mol. The Balaban J connectivity index is 1.74. The van der Waals surface area contributed by atoms with Crippen LogP contribution in [-0.2, 0) is 16.0 Å². The molecule has 0 saturated carbocycles. The van der Waals surface area contributed by atoms with Gasteiger partial charge < -0.3 is 10.0 Å². The van der Waals surface area contributed by atoms with Gasteiger partial charge in [0.15, 0.2) is 0 Å². The van der Waals surface area contributed by atoms with Crippen molar-refractivity contribution >= 4 is 11.9 Å². The van der Waals surface area contributed by atoms with Gasteiger partial charge in [0.2, 0.25) is 5.91 Å². The van der Waals surface area contributed by atoms with Crippen LogP contribution in [0, 0.1) is 11.3 Å². The van der Waals surface area contributed by atoms with Crippen molar-refractivity contribution in [1.29, 1.82) is 0 Å². The summed E-state index contributed by atoms with van der Waals surface area (Å²) in [6, 6.07) is 10.7. The molecule has 2 aliphatic rings. The van der Waals surface area contributed by atoms with Gasteiger partial charge in [-0.25, -0.2) is 0 Å². The third kappa shape index (κ3) is 4.09. The molecule has 5 heteroatoms. The van der Waals surface area contributed by atoms with E-state index in [0.29, 0.717) is 24.9 Å². The lowest BCUT2D eigenvalue weighted by Gasteiger charge is -2.37. The van der Waals surface area contributed by atoms with Crippen LogP contribution in [0.25, 0.3) is 0 Å². The van der Waals surface area contributed by atoms with Crippen LogP contribution >= 0.6 is 0 Å². The zero-order chi connectivity index (χ0) is 18.7. The zero-order valence-corrected chi connectivity index (χ0v) is 15.9. The molecule has 0 aromatic heterocycles. The fourth-order valence-corrected chi connectivity index (χ4v) is 4.56. The van der Waals surface area contributed by atoms with Crippen molar-refractivity contribution in [3.63, 3.8) is 0 Å². The van der Waals surface area contributed by atoms with Crippen molar-refractivity contribution in [2.75, 3.05) is 26.2 Å². The SMILES string of the molecule is CC(C)CN1C(=O)C2(CCN(CC(=O)O)CC2)C[C@@H]1Cc1ccccc1. The van der Waals surface area contributed by atoms with Gasteiger partial charge in [-0.3, -0.25) is 14.5 Å². The molecule has 1 spiro atoms. The van der Waals surface area contributed by atoms with Gasteiger partial charge in [0.05, 0.1) is 12.0 Å². The Labute approximate surface area is 156 Å². The first kappa shape index (κ1) is 18.9. The summed E-state index contributed by atoms with van der Waals surface area (Å²) in [6.45, 7) is 6.60. The van der Waals surface area contributed by atoms with E-state index in [4.69, 9.17) is 5.11 Å². The second-order valence-electron chi connectivity index (χ2n) is 8.35. The second kappa shape index (κ2) is 7.78. The summed E-state index contributed by atoms with van der Waals surface area (Å²) in [6.07, 6.45) is 3.35. The summed E-state index contributed by atoms with van der Waals surface area (Å²) >= 11 is 0. The van der Waals surface area contributed by atoms with Gasteiger partial charge in [0.1, 0.15) is 0 Å². The lowest BCUT2D eigenvalue weighted by Crippen LogP contribution is -2.46. The predicted octanol–water partition coefficient (Wildman–Crippen LogP) is 2.65. The molecule has 2 aliphatic heterocycles. The van der Waals surface area contributed by atoms with Crippen molar-refractivity contribution in [3.05, 3.63) is 35.9 Å². The summed E-state index contributed by atoms with van der Waals surface area (Å²) in [4.78, 5) is 28.4. The number of amides is 1. The molecule has 26 heavy (non-hydrogen) atoms. The first-order valence-electron chi connectivity index (χ1n) is 9.69. The Morgan fingerprint density at radius 2 is 1.88 bits per heavy atom. The maximum absolute atomic E-state index is 13.3. The van der Waals surface area contributed by atoms with Crippen LogP contribution in [-0.4, -0.2) is 59.0 Å². The van der Waals surface area contributed by atoms with E-state index in [1.54, 1.807) is 0 Å². The molecule has 3 rings (SSSR count). The number of nitrogens with zero attached hydrogens (tertiary/aromatic N) is 2. The Bertz CT molecular complexity index is 636. The first-order chi connectivity index (χ1) is 12.4. The number of hydrogen-bond acceptors (Lipinski definition) is 3. The molecule has 0 bridgehead atoms. The summed E-state index contributed by atoms with van der Waals surface area (Å²) in [5, 5.41) is 9.01. The molecular formula is C21H30N2O3. The van der Waals surface area contributed by atoms with Crippen LogP contribution < -0.4 is 0 Å². The zero-order valence-electron chi connectivity index (χ0n) is 15.9. The highest BCUT2D eigenvalue weighted by Crippen LogP contribution is 2.45. The molecule has 2 heterocycles. The Hall–Kier alpha value is -1.88. The standard InChI is InChI=1S/C21H30N2O3/c1-16(2)14-23-18(12-17-6-4-3-5-7-17)13-21(20(23)26)8-10-22(11-9-21)15-19(24)25/h3-7,16,18H,8-15H2,1-2H3,(H,24,25)/t18-/m0/s1. The van der Waals surface area contributed by atoms with Crippen molar-refractivity contribution in [2.24, 2.45) is 11.3 Å². The molecule has 2 fully saturated rings. The monoisotopic (exact) mass is 358 g/mol. The van der Waals surface area contributed by atoms with E-state index in [1.165, 1.54) is 5.56 Å². The minimum absolute atomic E-state index is 0.0768. The summed E-state index contributed by atoms with van der Waals surface area (Å²) in [5.74, 6) is -0.0522. The Morgan fingerprint density at radius 1 is 1.23 bits per heavy atom. The van der Waals surface area contributed by atoms with Crippen molar-refractivity contribution in [2.45, 2.75) is 45.6 Å². The van der Waals surface area contributed by atoms with E-state index >= 15 is 0 Å². The van der Waals surface area contributed by atoms with E-state index in [1.807, 2.05) is 11.0 Å². The van der Waals surface area contributed by atoms with Crippen molar-refractivity contribution < 1.29 is 14.7 Å². The largest absolute Gasteiger partial charge is 0.480 e. The Kier molecular flexibility index (Phi) is 5.66. The highest BCUT2D eigenvalue weighted by Gasteiger charge is 2.52. The normalized spacial score (nSPS) is 23.1. The lowest BCUT2D eigenvalue weighted by molar-refractivity contribution is -0.141. The fourth-order valence-electron chi connectivity index (χ4n) is 4.56. The molecule has 1 aromatic rings. The highest BCUT2D eigenvalue weighted by molar-refractivity contribution is 5.85. The number of aliphatic carboxylic acids is 1. The van der Waals surface area contributed by atoms with Gasteiger partial charge in [-0.15, -0.1) is 0 Å². The summed E-state index contributed by atoms with van der Waals surface area (Å²) < 4.78 is 0. The second-order valence-corrected chi connectivity index (χ2v) is 8.35. The number of carboxylic acid groups (broad SMARTS) is 1. The molecule has 1 atom stereocenters. The molecule has 0 aliphatic carbocycles. The quantitative estimate of drug-likeness (QED) is 0.849. The first-order valence-corrected chi connectivity index (χ1v) is 9.69. The van der Waals surface area contributed by atoms with Crippen LogP contribution in [0.2, 0.25) is 0 Å². The van der Waals surface area contributed by atoms with Crippen LogP contribution in [0.4, 0.5) is 0 Å². The molecule has 1 N–H and O–H groups in total. The van der Waals surface area contributed by atoms with E-state index in [2.05, 4.69) is 43.0 Å². The van der Waals surface area contributed by atoms with Gasteiger partial charge in [-0.05, 0) is 50.3 Å². The van der Waals surface area contributed by atoms with E-state index < -0.39 is 5.97 Å². The average molecular weight is 358 g/mol. The minimum atomic E-state index is -0.790. The number of carboxylic acids is 1. The average Bonchev–Trinajstić information content (AvgIpc) is 2.83. The smallest absolute Gasteiger partial charge is 0.317 e. The van der Waals surface area contributed by atoms with Gasteiger partial charge >= 0.3 is 5.97 Å². The molecule has 5 nitrogen and oxygen atoms in total. The van der Waals surface area contributed by atoms with E-state index in [0.717, 1.165) is 32.2 Å². The molecule has 1 aromatic carbocycles. The van der Waals surface area contributed by atoms with Crippen molar-refractivity contribution in [1.82, 2.24) is 9.80 Å². The van der Waals surface area contributed by atoms with Gasteiger partial charge in [-0.1, -0.05) is 44.2 Å². The molecule has 0 radical (unpaired) electrons.